The maximum Gasteiger partial charge on any atom is 0.320 e. The summed E-state index contributed by atoms with van der Waals surface area (Å²) in [5.74, 6) is 0.340. The van der Waals surface area contributed by atoms with Crippen molar-refractivity contribution < 1.29 is 19.0 Å². The van der Waals surface area contributed by atoms with E-state index in [0.717, 1.165) is 24.9 Å². The molecule has 2 amide bonds. The number of carbonyl (C=O) groups excluding carboxylic acids is 1. The van der Waals surface area contributed by atoms with E-state index in [9.17, 15) is 14.3 Å². The van der Waals surface area contributed by atoms with Crippen LogP contribution in [0.5, 0.6) is 5.88 Å². The Balaban J connectivity index is 1.10. The quantitative estimate of drug-likeness (QED) is 0.705. The van der Waals surface area contributed by atoms with Gasteiger partial charge in [-0.1, -0.05) is 6.07 Å². The number of amides is 2. The van der Waals surface area contributed by atoms with Crippen LogP contribution in [0.15, 0.2) is 53.8 Å². The van der Waals surface area contributed by atoms with Crippen molar-refractivity contribution >= 4 is 17.9 Å². The van der Waals surface area contributed by atoms with Crippen molar-refractivity contribution in [1.29, 1.82) is 0 Å². The summed E-state index contributed by atoms with van der Waals surface area (Å²) in [7, 11) is 0. The molecule has 4 heterocycles. The lowest BCUT2D eigenvalue weighted by atomic mass is 9.84. The molecule has 3 aliphatic heterocycles. The summed E-state index contributed by atoms with van der Waals surface area (Å²) >= 11 is 0. The highest BCUT2D eigenvalue weighted by atomic mass is 19.1. The van der Waals surface area contributed by atoms with Crippen LogP contribution in [0.1, 0.15) is 38.5 Å². The molecular weight excluding hydrogens is 449 g/mol. The van der Waals surface area contributed by atoms with Gasteiger partial charge in [0.1, 0.15) is 11.9 Å². The van der Waals surface area contributed by atoms with E-state index in [-0.39, 0.29) is 24.0 Å². The van der Waals surface area contributed by atoms with Gasteiger partial charge < -0.3 is 19.6 Å². The number of hydrogen-bond donors (Lipinski definition) is 1. The summed E-state index contributed by atoms with van der Waals surface area (Å²) in [5, 5.41) is 17.6. The maximum absolute atomic E-state index is 13.3. The van der Waals surface area contributed by atoms with Crippen molar-refractivity contribution in [2.75, 3.05) is 31.2 Å². The third-order valence-corrected chi connectivity index (χ3v) is 7.24. The van der Waals surface area contributed by atoms with Crippen molar-refractivity contribution in [2.45, 2.75) is 56.3 Å². The lowest BCUT2D eigenvalue weighted by Gasteiger charge is -2.42. The minimum absolute atomic E-state index is 0.0193. The van der Waals surface area contributed by atoms with Gasteiger partial charge in [-0.15, -0.1) is 0 Å². The van der Waals surface area contributed by atoms with E-state index in [4.69, 9.17) is 4.74 Å². The van der Waals surface area contributed by atoms with Crippen LogP contribution >= 0.6 is 0 Å². The van der Waals surface area contributed by atoms with E-state index in [1.807, 2.05) is 39.2 Å². The average molecular weight is 482 g/mol. The number of pyridine rings is 1. The number of anilines is 1. The number of rotatable bonds is 5. The predicted octanol–water partition coefficient (Wildman–Crippen LogP) is 3.67. The fourth-order valence-corrected chi connectivity index (χ4v) is 5.20. The van der Waals surface area contributed by atoms with Crippen molar-refractivity contribution in [3.8, 4) is 5.88 Å². The second-order valence-corrected chi connectivity index (χ2v) is 9.68. The number of carbonyl (C=O) groups is 1. The zero-order valence-corrected chi connectivity index (χ0v) is 19.8. The van der Waals surface area contributed by atoms with Gasteiger partial charge in [-0.3, -0.25) is 5.01 Å². The highest BCUT2D eigenvalue weighted by Gasteiger charge is 2.39. The third kappa shape index (κ3) is 5.56. The van der Waals surface area contributed by atoms with Crippen LogP contribution in [-0.4, -0.2) is 76.1 Å². The normalized spacial score (nSPS) is 22.5. The number of nitrogens with zero attached hydrogens (tertiary/aromatic N) is 5. The molecule has 0 bridgehead atoms. The lowest BCUT2D eigenvalue weighted by molar-refractivity contribution is -0.0269. The highest BCUT2D eigenvalue weighted by Crippen LogP contribution is 2.33. The first kappa shape index (κ1) is 23.5. The van der Waals surface area contributed by atoms with Crippen molar-refractivity contribution in [2.24, 2.45) is 5.10 Å². The number of piperidine rings is 2. The Hall–Kier alpha value is -3.20. The van der Waals surface area contributed by atoms with Gasteiger partial charge in [0.25, 0.3) is 0 Å². The number of urea groups is 1. The first-order chi connectivity index (χ1) is 17.0. The molecule has 1 aromatic heterocycles. The van der Waals surface area contributed by atoms with Crippen molar-refractivity contribution in [3.63, 3.8) is 0 Å². The highest BCUT2D eigenvalue weighted by molar-refractivity contribution is 5.74. The van der Waals surface area contributed by atoms with Crippen LogP contribution < -0.4 is 9.75 Å². The zero-order valence-electron chi connectivity index (χ0n) is 19.8. The van der Waals surface area contributed by atoms with Gasteiger partial charge in [0.15, 0.2) is 0 Å². The molecule has 8 nitrogen and oxygen atoms in total. The van der Waals surface area contributed by atoms with Gasteiger partial charge >= 0.3 is 6.03 Å². The molecule has 2 fully saturated rings. The van der Waals surface area contributed by atoms with Crippen LogP contribution in [0.25, 0.3) is 0 Å². The number of hydrogen-bond acceptors (Lipinski definition) is 6. The predicted molar refractivity (Wildman–Crippen MR) is 131 cm³/mol. The van der Waals surface area contributed by atoms with Crippen LogP contribution in [-0.2, 0) is 0 Å². The second kappa shape index (κ2) is 10.2. The Morgan fingerprint density at radius 3 is 2.46 bits per heavy atom. The summed E-state index contributed by atoms with van der Waals surface area (Å²) in [6.45, 7) is 2.37. The molecule has 1 aromatic carbocycles. The third-order valence-electron chi connectivity index (χ3n) is 7.24. The number of ether oxygens (including phenoxy) is 1. The molecule has 0 radical (unpaired) electrons. The molecule has 2 saturated heterocycles. The Kier molecular flexibility index (Phi) is 6.86. The second-order valence-electron chi connectivity index (χ2n) is 9.68. The summed E-state index contributed by atoms with van der Waals surface area (Å²) in [4.78, 5) is 21.1. The Labute approximate surface area is 205 Å². The molecule has 5 rings (SSSR count). The first-order valence-electron chi connectivity index (χ1n) is 12.4. The first-order valence-corrected chi connectivity index (χ1v) is 12.4. The fourth-order valence-electron chi connectivity index (χ4n) is 5.20. The molecule has 0 saturated carbocycles. The van der Waals surface area contributed by atoms with Gasteiger partial charge in [-0.05, 0) is 49.6 Å². The molecule has 3 aliphatic rings. The minimum Gasteiger partial charge on any atom is -0.474 e. The number of halogens is 1. The molecular formula is C26H32FN5O3. The van der Waals surface area contributed by atoms with Gasteiger partial charge in [0.2, 0.25) is 5.88 Å². The van der Waals surface area contributed by atoms with Gasteiger partial charge in [-0.2, -0.15) is 5.10 Å². The number of likely N-dealkylation sites (tertiary alicyclic amines) is 2. The lowest BCUT2D eigenvalue weighted by Crippen LogP contribution is -2.54. The van der Waals surface area contributed by atoms with E-state index in [1.54, 1.807) is 18.3 Å². The summed E-state index contributed by atoms with van der Waals surface area (Å²) < 4.78 is 19.2. The van der Waals surface area contributed by atoms with E-state index >= 15 is 0 Å². The summed E-state index contributed by atoms with van der Waals surface area (Å²) in [6, 6.07) is 11.9. The Morgan fingerprint density at radius 1 is 1.06 bits per heavy atom. The van der Waals surface area contributed by atoms with E-state index in [2.05, 4.69) is 10.1 Å². The smallest absolute Gasteiger partial charge is 0.320 e. The maximum atomic E-state index is 13.3. The number of benzene rings is 1. The van der Waals surface area contributed by atoms with Crippen molar-refractivity contribution in [1.82, 2.24) is 14.8 Å². The van der Waals surface area contributed by atoms with Gasteiger partial charge in [0, 0.05) is 63.9 Å². The molecule has 186 valence electrons. The van der Waals surface area contributed by atoms with Gasteiger partial charge in [0.05, 0.1) is 17.3 Å². The Morgan fingerprint density at radius 2 is 1.77 bits per heavy atom. The molecule has 1 N–H and O–H groups in total. The Bertz CT molecular complexity index is 1020. The van der Waals surface area contributed by atoms with Crippen molar-refractivity contribution in [3.05, 3.63) is 54.5 Å². The average Bonchev–Trinajstić information content (AvgIpc) is 3.33. The summed E-state index contributed by atoms with van der Waals surface area (Å²) in [6.07, 6.45) is 7.54. The van der Waals surface area contributed by atoms with Gasteiger partial charge in [-0.25, -0.2) is 14.2 Å². The number of aromatic nitrogens is 1. The van der Waals surface area contributed by atoms with E-state index in [0.29, 0.717) is 51.3 Å². The standard InChI is InChI=1S/C26H32FN5O3/c27-20-4-6-21(7-5-20)32-22(8-14-29-32)19-26(34)11-17-31(18-12-26)25(33)30-15-9-23(10-16-30)35-24-3-1-2-13-28-24/h1-7,13-14,22-23,34H,8-12,15-19H2. The SMILES string of the molecule is O=C(N1CCC(Oc2ccccn2)CC1)N1CCC(O)(CC2CC=NN2c2ccc(F)cc2)CC1. The molecule has 1 atom stereocenters. The van der Waals surface area contributed by atoms with Crippen LogP contribution in [0, 0.1) is 5.82 Å². The van der Waals surface area contributed by atoms with E-state index < -0.39 is 5.60 Å². The minimum atomic E-state index is -0.850. The molecule has 1 unspecified atom stereocenters. The van der Waals surface area contributed by atoms with Crippen LogP contribution in [0.3, 0.4) is 0 Å². The zero-order chi connectivity index (χ0) is 24.3. The largest absolute Gasteiger partial charge is 0.474 e. The molecule has 9 heteroatoms. The molecule has 35 heavy (non-hydrogen) atoms. The molecule has 0 aliphatic carbocycles. The summed E-state index contributed by atoms with van der Waals surface area (Å²) in [5.41, 5.74) is -0.0338. The monoisotopic (exact) mass is 481 g/mol. The topological polar surface area (TPSA) is 81.5 Å². The molecule has 2 aromatic rings. The molecule has 0 spiro atoms. The van der Waals surface area contributed by atoms with Crippen LogP contribution in [0.2, 0.25) is 0 Å². The number of aliphatic hydroxyl groups is 1. The van der Waals surface area contributed by atoms with E-state index in [1.165, 1.54) is 12.1 Å². The number of hydrazone groups is 1. The fraction of sp³-hybridized carbons (Fsp3) is 0.500. The van der Waals surface area contributed by atoms with Crippen LogP contribution in [0.4, 0.5) is 14.9 Å².